The van der Waals surface area contributed by atoms with Gasteiger partial charge in [-0.1, -0.05) is 35.0 Å². The summed E-state index contributed by atoms with van der Waals surface area (Å²) < 4.78 is 1.10. The van der Waals surface area contributed by atoms with Gasteiger partial charge in [-0.2, -0.15) is 0 Å². The summed E-state index contributed by atoms with van der Waals surface area (Å²) in [5.74, 6) is 0. The van der Waals surface area contributed by atoms with Gasteiger partial charge in [-0.15, -0.1) is 0 Å². The van der Waals surface area contributed by atoms with E-state index in [4.69, 9.17) is 5.11 Å². The van der Waals surface area contributed by atoms with Crippen molar-refractivity contribution in [2.45, 2.75) is 38.8 Å². The van der Waals surface area contributed by atoms with Crippen LogP contribution in [-0.4, -0.2) is 17.8 Å². The number of rotatable bonds is 6. The van der Waals surface area contributed by atoms with Gasteiger partial charge in [0.2, 0.25) is 0 Å². The van der Waals surface area contributed by atoms with E-state index in [9.17, 15) is 0 Å². The molecule has 2 nitrogen and oxygen atoms in total. The second kappa shape index (κ2) is 7.05. The molecule has 0 aliphatic heterocycles. The van der Waals surface area contributed by atoms with E-state index in [-0.39, 0.29) is 6.61 Å². The minimum atomic E-state index is 0.249. The van der Waals surface area contributed by atoms with Crippen molar-refractivity contribution < 1.29 is 5.11 Å². The number of halogens is 1. The fraction of sp³-hybridized carbons (Fsp3) is 0.538. The van der Waals surface area contributed by atoms with Crippen molar-refractivity contribution in [1.82, 2.24) is 5.32 Å². The molecular weight excluding hydrogens is 266 g/mol. The van der Waals surface area contributed by atoms with Crippen molar-refractivity contribution in [3.05, 3.63) is 34.3 Å². The highest BCUT2D eigenvalue weighted by Crippen LogP contribution is 2.17. The maximum absolute atomic E-state index is 8.94. The molecule has 90 valence electrons. The molecule has 0 aliphatic rings. The summed E-state index contributed by atoms with van der Waals surface area (Å²) >= 11 is 3.43. The molecule has 1 aromatic carbocycles. The van der Waals surface area contributed by atoms with Crippen LogP contribution in [0.15, 0.2) is 28.7 Å². The molecule has 2 unspecified atom stereocenters. The van der Waals surface area contributed by atoms with Gasteiger partial charge >= 0.3 is 0 Å². The highest BCUT2D eigenvalue weighted by atomic mass is 79.9. The first-order chi connectivity index (χ1) is 7.67. The van der Waals surface area contributed by atoms with Crippen LogP contribution < -0.4 is 5.32 Å². The molecule has 3 heteroatoms. The summed E-state index contributed by atoms with van der Waals surface area (Å²) in [6, 6.07) is 9.07. The molecule has 16 heavy (non-hydrogen) atoms. The summed E-state index contributed by atoms with van der Waals surface area (Å²) in [6.07, 6.45) is 1.86. The minimum Gasteiger partial charge on any atom is -0.396 e. The zero-order chi connectivity index (χ0) is 12.0. The molecule has 0 bridgehead atoms. The Morgan fingerprint density at radius 2 is 1.94 bits per heavy atom. The van der Waals surface area contributed by atoms with E-state index in [1.807, 2.05) is 0 Å². The van der Waals surface area contributed by atoms with Crippen LogP contribution in [0.1, 0.15) is 38.3 Å². The Bertz CT molecular complexity index is 299. The molecule has 0 saturated heterocycles. The number of aliphatic hydroxyl groups is 1. The van der Waals surface area contributed by atoms with Gasteiger partial charge in [-0.3, -0.25) is 0 Å². The topological polar surface area (TPSA) is 32.3 Å². The predicted octanol–water partition coefficient (Wildman–Crippen LogP) is 3.26. The molecule has 2 atom stereocenters. The normalized spacial score (nSPS) is 14.8. The van der Waals surface area contributed by atoms with E-state index in [1.54, 1.807) is 0 Å². The van der Waals surface area contributed by atoms with Gasteiger partial charge in [0.1, 0.15) is 0 Å². The van der Waals surface area contributed by atoms with Crippen LogP contribution in [0, 0.1) is 0 Å². The lowest BCUT2D eigenvalue weighted by atomic mass is 10.1. The third kappa shape index (κ3) is 4.24. The quantitative estimate of drug-likeness (QED) is 0.841. The van der Waals surface area contributed by atoms with Crippen LogP contribution in [0.3, 0.4) is 0 Å². The van der Waals surface area contributed by atoms with Crippen LogP contribution in [-0.2, 0) is 0 Å². The number of nitrogens with one attached hydrogen (secondary N) is 1. The molecule has 1 rings (SSSR count). The fourth-order valence-electron chi connectivity index (χ4n) is 1.76. The van der Waals surface area contributed by atoms with Gasteiger partial charge in [0, 0.05) is 23.2 Å². The van der Waals surface area contributed by atoms with E-state index in [0.717, 1.165) is 17.3 Å². The van der Waals surface area contributed by atoms with E-state index in [0.29, 0.717) is 12.1 Å². The van der Waals surface area contributed by atoms with Crippen LogP contribution in [0.2, 0.25) is 0 Å². The van der Waals surface area contributed by atoms with Gasteiger partial charge in [0.15, 0.2) is 0 Å². The van der Waals surface area contributed by atoms with Gasteiger partial charge in [0.25, 0.3) is 0 Å². The molecule has 0 spiro atoms. The lowest BCUT2D eigenvalue weighted by molar-refractivity contribution is 0.257. The zero-order valence-electron chi connectivity index (χ0n) is 9.91. The van der Waals surface area contributed by atoms with Gasteiger partial charge in [0.05, 0.1) is 0 Å². The molecule has 0 radical (unpaired) electrons. The molecule has 1 aromatic rings. The van der Waals surface area contributed by atoms with E-state index in [1.165, 1.54) is 5.56 Å². The number of hydrogen-bond acceptors (Lipinski definition) is 2. The van der Waals surface area contributed by atoms with Crippen molar-refractivity contribution in [2.75, 3.05) is 6.61 Å². The van der Waals surface area contributed by atoms with Crippen molar-refractivity contribution in [3.63, 3.8) is 0 Å². The highest BCUT2D eigenvalue weighted by Gasteiger charge is 2.10. The Morgan fingerprint density at radius 1 is 1.31 bits per heavy atom. The lowest BCUT2D eigenvalue weighted by Crippen LogP contribution is -2.31. The van der Waals surface area contributed by atoms with Crippen molar-refractivity contribution in [3.8, 4) is 0 Å². The van der Waals surface area contributed by atoms with Crippen molar-refractivity contribution in [1.29, 1.82) is 0 Å². The SMILES string of the molecule is CCC(CCO)NC(C)c1ccc(Br)cc1. The third-order valence-corrected chi connectivity index (χ3v) is 3.35. The lowest BCUT2D eigenvalue weighted by Gasteiger charge is -2.22. The molecule has 0 saturated carbocycles. The van der Waals surface area contributed by atoms with Crippen LogP contribution in [0.25, 0.3) is 0 Å². The molecule has 0 amide bonds. The van der Waals surface area contributed by atoms with Gasteiger partial charge < -0.3 is 10.4 Å². The highest BCUT2D eigenvalue weighted by molar-refractivity contribution is 9.10. The van der Waals surface area contributed by atoms with Crippen LogP contribution in [0.5, 0.6) is 0 Å². The number of hydrogen-bond donors (Lipinski definition) is 2. The summed E-state index contributed by atoms with van der Waals surface area (Å²) in [6.45, 7) is 4.55. The predicted molar refractivity (Wildman–Crippen MR) is 71.5 cm³/mol. The Kier molecular flexibility index (Phi) is 6.03. The van der Waals surface area contributed by atoms with Crippen LogP contribution in [0.4, 0.5) is 0 Å². The average molecular weight is 286 g/mol. The summed E-state index contributed by atoms with van der Waals surface area (Å²) in [5, 5.41) is 12.5. The van der Waals surface area contributed by atoms with E-state index in [2.05, 4.69) is 59.4 Å². The van der Waals surface area contributed by atoms with Crippen molar-refractivity contribution in [2.24, 2.45) is 0 Å². The fourth-order valence-corrected chi connectivity index (χ4v) is 2.03. The third-order valence-electron chi connectivity index (χ3n) is 2.83. The number of benzene rings is 1. The van der Waals surface area contributed by atoms with E-state index >= 15 is 0 Å². The Balaban J connectivity index is 2.56. The van der Waals surface area contributed by atoms with Crippen molar-refractivity contribution >= 4 is 15.9 Å². The molecule has 0 aliphatic carbocycles. The second-order valence-electron chi connectivity index (χ2n) is 4.06. The summed E-state index contributed by atoms with van der Waals surface area (Å²) in [7, 11) is 0. The maximum Gasteiger partial charge on any atom is 0.0445 e. The van der Waals surface area contributed by atoms with Crippen LogP contribution >= 0.6 is 15.9 Å². The number of aliphatic hydroxyl groups excluding tert-OH is 1. The standard InChI is InChI=1S/C13H20BrNO/c1-3-13(8-9-16)15-10(2)11-4-6-12(14)7-5-11/h4-7,10,13,15-16H,3,8-9H2,1-2H3. The zero-order valence-corrected chi connectivity index (χ0v) is 11.5. The second-order valence-corrected chi connectivity index (χ2v) is 4.97. The molecule has 0 fully saturated rings. The first-order valence-corrected chi connectivity index (χ1v) is 6.59. The summed E-state index contributed by atoms with van der Waals surface area (Å²) in [4.78, 5) is 0. The van der Waals surface area contributed by atoms with Gasteiger partial charge in [-0.05, 0) is 37.5 Å². The Labute approximate surface area is 106 Å². The van der Waals surface area contributed by atoms with Gasteiger partial charge in [-0.25, -0.2) is 0 Å². The molecule has 0 heterocycles. The maximum atomic E-state index is 8.94. The molecular formula is C13H20BrNO. The molecule has 2 N–H and O–H groups in total. The summed E-state index contributed by atoms with van der Waals surface area (Å²) in [5.41, 5.74) is 1.28. The minimum absolute atomic E-state index is 0.249. The largest absolute Gasteiger partial charge is 0.396 e. The molecule has 0 aromatic heterocycles. The average Bonchev–Trinajstić information content (AvgIpc) is 2.29. The smallest absolute Gasteiger partial charge is 0.0445 e. The van der Waals surface area contributed by atoms with E-state index < -0.39 is 0 Å². The Hall–Kier alpha value is -0.380. The first-order valence-electron chi connectivity index (χ1n) is 5.79. The Morgan fingerprint density at radius 3 is 2.44 bits per heavy atom. The first kappa shape index (κ1) is 13.7. The monoisotopic (exact) mass is 285 g/mol.